The SMILES string of the molecule is CNC(=O)CCc1ccc2[nH]cc(CCN(C)C)c2c1.Cl. The molecule has 0 aliphatic heterocycles. The summed E-state index contributed by atoms with van der Waals surface area (Å²) in [4.78, 5) is 16.8. The Morgan fingerprint density at radius 3 is 2.71 bits per heavy atom. The number of aromatic amines is 1. The first-order valence-corrected chi connectivity index (χ1v) is 7.04. The van der Waals surface area contributed by atoms with Crippen molar-refractivity contribution in [2.24, 2.45) is 0 Å². The van der Waals surface area contributed by atoms with Gasteiger partial charge in [0.1, 0.15) is 0 Å². The van der Waals surface area contributed by atoms with Crippen LogP contribution in [0.2, 0.25) is 0 Å². The highest BCUT2D eigenvalue weighted by atomic mass is 35.5. The van der Waals surface area contributed by atoms with E-state index in [1.54, 1.807) is 7.05 Å². The second-order valence-electron chi connectivity index (χ2n) is 5.42. The summed E-state index contributed by atoms with van der Waals surface area (Å²) in [6, 6.07) is 6.41. The number of carbonyl (C=O) groups is 1. The van der Waals surface area contributed by atoms with Crippen LogP contribution in [0.15, 0.2) is 24.4 Å². The average molecular weight is 310 g/mol. The van der Waals surface area contributed by atoms with Gasteiger partial charge in [-0.05, 0) is 50.2 Å². The number of nitrogens with one attached hydrogen (secondary N) is 2. The fourth-order valence-corrected chi connectivity index (χ4v) is 2.31. The van der Waals surface area contributed by atoms with Crippen molar-refractivity contribution < 1.29 is 4.79 Å². The van der Waals surface area contributed by atoms with Gasteiger partial charge < -0.3 is 15.2 Å². The molecule has 1 aromatic carbocycles. The van der Waals surface area contributed by atoms with Crippen molar-refractivity contribution in [1.29, 1.82) is 0 Å². The van der Waals surface area contributed by atoms with Crippen molar-refractivity contribution in [3.05, 3.63) is 35.5 Å². The van der Waals surface area contributed by atoms with E-state index < -0.39 is 0 Å². The molecule has 0 aliphatic carbocycles. The number of H-pyrrole nitrogens is 1. The minimum Gasteiger partial charge on any atom is -0.361 e. The van der Waals surface area contributed by atoms with E-state index in [0.717, 1.165) is 19.4 Å². The van der Waals surface area contributed by atoms with E-state index >= 15 is 0 Å². The largest absolute Gasteiger partial charge is 0.361 e. The predicted molar refractivity (Wildman–Crippen MR) is 90.2 cm³/mol. The molecule has 0 saturated heterocycles. The van der Waals surface area contributed by atoms with Crippen molar-refractivity contribution >= 4 is 29.2 Å². The molecular weight excluding hydrogens is 286 g/mol. The first-order chi connectivity index (χ1) is 9.60. The zero-order chi connectivity index (χ0) is 14.5. The summed E-state index contributed by atoms with van der Waals surface area (Å²) in [6.07, 6.45) is 4.45. The monoisotopic (exact) mass is 309 g/mol. The maximum absolute atomic E-state index is 11.3. The van der Waals surface area contributed by atoms with Gasteiger partial charge in [0.25, 0.3) is 0 Å². The predicted octanol–water partition coefficient (Wildman–Crippen LogP) is 2.37. The molecule has 5 heteroatoms. The number of likely N-dealkylation sites (N-methyl/N-ethyl adjacent to an activating group) is 1. The fourth-order valence-electron chi connectivity index (χ4n) is 2.31. The van der Waals surface area contributed by atoms with E-state index in [-0.39, 0.29) is 18.3 Å². The Bertz CT molecular complexity index is 592. The van der Waals surface area contributed by atoms with Crippen LogP contribution in [0.25, 0.3) is 10.9 Å². The Morgan fingerprint density at radius 2 is 2.05 bits per heavy atom. The first-order valence-electron chi connectivity index (χ1n) is 7.04. The van der Waals surface area contributed by atoms with Gasteiger partial charge in [0, 0.05) is 37.1 Å². The summed E-state index contributed by atoms with van der Waals surface area (Å²) in [5, 5.41) is 3.94. The zero-order valence-corrected chi connectivity index (χ0v) is 13.7. The molecule has 0 aliphatic rings. The molecule has 1 heterocycles. The standard InChI is InChI=1S/C16H23N3O.ClH/c1-17-16(20)7-5-12-4-6-15-14(10-12)13(11-18-15)8-9-19(2)3;/h4,6,10-11,18H,5,7-9H2,1-3H3,(H,17,20);1H. The number of hydrogen-bond donors (Lipinski definition) is 2. The highest BCUT2D eigenvalue weighted by Gasteiger charge is 2.06. The van der Waals surface area contributed by atoms with Gasteiger partial charge in [-0.15, -0.1) is 12.4 Å². The van der Waals surface area contributed by atoms with Crippen LogP contribution in [0.5, 0.6) is 0 Å². The number of nitrogens with zero attached hydrogens (tertiary/aromatic N) is 1. The molecule has 2 aromatic rings. The van der Waals surface area contributed by atoms with E-state index in [2.05, 4.69) is 53.7 Å². The van der Waals surface area contributed by atoms with Gasteiger partial charge in [0.2, 0.25) is 5.91 Å². The maximum Gasteiger partial charge on any atom is 0.220 e. The number of rotatable bonds is 6. The Labute approximate surface area is 132 Å². The Morgan fingerprint density at radius 1 is 1.29 bits per heavy atom. The lowest BCUT2D eigenvalue weighted by atomic mass is 10.0. The number of hydrogen-bond acceptors (Lipinski definition) is 2. The van der Waals surface area contributed by atoms with Crippen LogP contribution >= 0.6 is 12.4 Å². The molecule has 0 radical (unpaired) electrons. The zero-order valence-electron chi connectivity index (χ0n) is 12.9. The smallest absolute Gasteiger partial charge is 0.220 e. The minimum atomic E-state index is 0. The normalized spacial score (nSPS) is 10.7. The lowest BCUT2D eigenvalue weighted by Crippen LogP contribution is -2.17. The lowest BCUT2D eigenvalue weighted by Gasteiger charge is -2.08. The third-order valence-electron chi connectivity index (χ3n) is 3.58. The van der Waals surface area contributed by atoms with Crippen molar-refractivity contribution in [2.75, 3.05) is 27.7 Å². The molecule has 2 N–H and O–H groups in total. The Balaban J connectivity index is 0.00000220. The quantitative estimate of drug-likeness (QED) is 0.860. The van der Waals surface area contributed by atoms with Gasteiger partial charge in [-0.3, -0.25) is 4.79 Å². The summed E-state index contributed by atoms with van der Waals surface area (Å²) < 4.78 is 0. The number of amides is 1. The number of aromatic nitrogens is 1. The summed E-state index contributed by atoms with van der Waals surface area (Å²) in [5.41, 5.74) is 3.73. The van der Waals surface area contributed by atoms with Crippen molar-refractivity contribution in [3.8, 4) is 0 Å². The summed E-state index contributed by atoms with van der Waals surface area (Å²) >= 11 is 0. The molecule has 116 valence electrons. The van der Waals surface area contributed by atoms with Gasteiger partial charge in [-0.2, -0.15) is 0 Å². The van der Waals surface area contributed by atoms with E-state index in [0.29, 0.717) is 6.42 Å². The van der Waals surface area contributed by atoms with E-state index in [1.165, 1.54) is 22.0 Å². The van der Waals surface area contributed by atoms with Gasteiger partial charge in [-0.25, -0.2) is 0 Å². The molecule has 1 aromatic heterocycles. The molecule has 0 atom stereocenters. The van der Waals surface area contributed by atoms with Crippen LogP contribution in [0, 0.1) is 0 Å². The molecule has 0 unspecified atom stereocenters. The number of aryl methyl sites for hydroxylation is 1. The number of halogens is 1. The summed E-state index contributed by atoms with van der Waals surface area (Å²) in [5.74, 6) is 0.0898. The van der Waals surface area contributed by atoms with Crippen LogP contribution < -0.4 is 5.32 Å². The van der Waals surface area contributed by atoms with Crippen molar-refractivity contribution in [2.45, 2.75) is 19.3 Å². The first kappa shape index (κ1) is 17.5. The number of fused-ring (bicyclic) bond motifs is 1. The van der Waals surface area contributed by atoms with Gasteiger partial charge in [0.05, 0.1) is 0 Å². The van der Waals surface area contributed by atoms with Crippen LogP contribution in [-0.4, -0.2) is 43.5 Å². The van der Waals surface area contributed by atoms with Crippen molar-refractivity contribution in [3.63, 3.8) is 0 Å². The number of carbonyl (C=O) groups excluding carboxylic acids is 1. The second kappa shape index (κ2) is 8.05. The topological polar surface area (TPSA) is 48.1 Å². The third kappa shape index (κ3) is 4.76. The molecule has 0 spiro atoms. The van der Waals surface area contributed by atoms with Crippen LogP contribution in [0.4, 0.5) is 0 Å². The highest BCUT2D eigenvalue weighted by Crippen LogP contribution is 2.21. The Hall–Kier alpha value is -1.52. The molecule has 0 fully saturated rings. The van der Waals surface area contributed by atoms with E-state index in [9.17, 15) is 4.79 Å². The van der Waals surface area contributed by atoms with Gasteiger partial charge in [-0.1, -0.05) is 6.07 Å². The third-order valence-corrected chi connectivity index (χ3v) is 3.58. The summed E-state index contributed by atoms with van der Waals surface area (Å²) in [7, 11) is 5.85. The van der Waals surface area contributed by atoms with Gasteiger partial charge in [0.15, 0.2) is 0 Å². The molecule has 0 bridgehead atoms. The summed E-state index contributed by atoms with van der Waals surface area (Å²) in [6.45, 7) is 1.04. The molecular formula is C16H24ClN3O. The van der Waals surface area contributed by atoms with Crippen molar-refractivity contribution in [1.82, 2.24) is 15.2 Å². The molecule has 1 amide bonds. The highest BCUT2D eigenvalue weighted by molar-refractivity contribution is 5.85. The minimum absolute atomic E-state index is 0. The van der Waals surface area contributed by atoms with E-state index in [1.807, 2.05) is 0 Å². The average Bonchev–Trinajstić information content (AvgIpc) is 2.84. The van der Waals surface area contributed by atoms with Crippen LogP contribution in [0.3, 0.4) is 0 Å². The lowest BCUT2D eigenvalue weighted by molar-refractivity contribution is -0.120. The van der Waals surface area contributed by atoms with Crippen LogP contribution in [0.1, 0.15) is 17.5 Å². The van der Waals surface area contributed by atoms with E-state index in [4.69, 9.17) is 0 Å². The fraction of sp³-hybridized carbons (Fsp3) is 0.438. The molecule has 21 heavy (non-hydrogen) atoms. The molecule has 2 rings (SSSR count). The molecule has 4 nitrogen and oxygen atoms in total. The molecule has 0 saturated carbocycles. The second-order valence-corrected chi connectivity index (χ2v) is 5.42. The Kier molecular flexibility index (Phi) is 6.72. The maximum atomic E-state index is 11.3. The van der Waals surface area contributed by atoms with Crippen LogP contribution in [-0.2, 0) is 17.6 Å². The number of benzene rings is 1. The van der Waals surface area contributed by atoms with Gasteiger partial charge >= 0.3 is 0 Å².